The maximum Gasteiger partial charge on any atom is 0.276 e. The highest BCUT2D eigenvalue weighted by atomic mass is 16.5. The summed E-state index contributed by atoms with van der Waals surface area (Å²) in [6.45, 7) is 0.998. The van der Waals surface area contributed by atoms with E-state index in [4.69, 9.17) is 4.52 Å². The van der Waals surface area contributed by atoms with Gasteiger partial charge in [0.2, 0.25) is 0 Å². The van der Waals surface area contributed by atoms with Gasteiger partial charge in [0.05, 0.1) is 18.3 Å². The minimum absolute atomic E-state index is 0.0991. The number of amides is 1. The van der Waals surface area contributed by atoms with Gasteiger partial charge in [-0.1, -0.05) is 5.16 Å². The third-order valence-electron chi connectivity index (χ3n) is 5.57. The summed E-state index contributed by atoms with van der Waals surface area (Å²) in [4.78, 5) is 31.2. The number of pyridine rings is 1. The van der Waals surface area contributed by atoms with Gasteiger partial charge >= 0.3 is 0 Å². The SMILES string of the molecule is O=C(c1cc(C2CC2)on1)N1CCCC1Cn1nc(-c2cccnc2)ccc1=O. The zero-order valence-corrected chi connectivity index (χ0v) is 15.9. The third kappa shape index (κ3) is 3.57. The highest BCUT2D eigenvalue weighted by Crippen LogP contribution is 2.40. The fourth-order valence-electron chi connectivity index (χ4n) is 3.84. The predicted molar refractivity (Wildman–Crippen MR) is 104 cm³/mol. The van der Waals surface area contributed by atoms with Crippen molar-refractivity contribution >= 4 is 5.91 Å². The fraction of sp³-hybridized carbons (Fsp3) is 0.381. The topological polar surface area (TPSA) is 94.1 Å². The number of carbonyl (C=O) groups is 1. The molecule has 0 bridgehead atoms. The van der Waals surface area contributed by atoms with Crippen LogP contribution in [-0.4, -0.2) is 43.3 Å². The van der Waals surface area contributed by atoms with Crippen molar-refractivity contribution in [1.82, 2.24) is 24.8 Å². The van der Waals surface area contributed by atoms with Crippen LogP contribution >= 0.6 is 0 Å². The van der Waals surface area contributed by atoms with Crippen molar-refractivity contribution in [2.24, 2.45) is 0 Å². The summed E-state index contributed by atoms with van der Waals surface area (Å²) < 4.78 is 6.78. The van der Waals surface area contributed by atoms with Crippen LogP contribution in [0.25, 0.3) is 11.3 Å². The van der Waals surface area contributed by atoms with Crippen molar-refractivity contribution in [2.45, 2.75) is 44.2 Å². The number of carbonyl (C=O) groups excluding carboxylic acids is 1. The molecule has 1 saturated carbocycles. The van der Waals surface area contributed by atoms with Crippen molar-refractivity contribution < 1.29 is 9.32 Å². The van der Waals surface area contributed by atoms with E-state index in [-0.39, 0.29) is 17.5 Å². The summed E-state index contributed by atoms with van der Waals surface area (Å²) in [5.74, 6) is 1.07. The van der Waals surface area contributed by atoms with Gasteiger partial charge in [-0.25, -0.2) is 4.68 Å². The molecule has 3 aromatic rings. The second-order valence-electron chi connectivity index (χ2n) is 7.66. The summed E-state index contributed by atoms with van der Waals surface area (Å²) in [5.41, 5.74) is 1.69. The molecule has 1 aliphatic heterocycles. The lowest BCUT2D eigenvalue weighted by molar-refractivity contribution is 0.0710. The maximum absolute atomic E-state index is 13.0. The first-order valence-electron chi connectivity index (χ1n) is 9.95. The van der Waals surface area contributed by atoms with E-state index in [2.05, 4.69) is 15.2 Å². The minimum Gasteiger partial charge on any atom is -0.360 e. The Morgan fingerprint density at radius 1 is 1.21 bits per heavy atom. The van der Waals surface area contributed by atoms with E-state index in [0.717, 1.165) is 37.0 Å². The van der Waals surface area contributed by atoms with Crippen LogP contribution in [0.15, 0.2) is 52.0 Å². The molecule has 0 spiro atoms. The van der Waals surface area contributed by atoms with Crippen molar-refractivity contribution in [2.75, 3.05) is 6.54 Å². The first-order valence-corrected chi connectivity index (χ1v) is 9.95. The summed E-state index contributed by atoms with van der Waals surface area (Å²) >= 11 is 0. The van der Waals surface area contributed by atoms with Gasteiger partial charge in [0.1, 0.15) is 5.76 Å². The average molecular weight is 391 g/mol. The molecule has 3 aromatic heterocycles. The maximum atomic E-state index is 13.0. The minimum atomic E-state index is -0.186. The second-order valence-corrected chi connectivity index (χ2v) is 7.66. The first kappa shape index (κ1) is 17.8. The molecule has 0 N–H and O–H groups in total. The van der Waals surface area contributed by atoms with Gasteiger partial charge in [0.15, 0.2) is 5.69 Å². The molecule has 148 valence electrons. The van der Waals surface area contributed by atoms with Gasteiger partial charge < -0.3 is 9.42 Å². The lowest BCUT2D eigenvalue weighted by Gasteiger charge is -2.24. The largest absolute Gasteiger partial charge is 0.360 e. The summed E-state index contributed by atoms with van der Waals surface area (Å²) in [5, 5.41) is 8.48. The number of nitrogens with zero attached hydrogens (tertiary/aromatic N) is 5. The smallest absolute Gasteiger partial charge is 0.276 e. The zero-order chi connectivity index (χ0) is 19.8. The number of hydrogen-bond acceptors (Lipinski definition) is 6. The molecule has 8 nitrogen and oxygen atoms in total. The molecular formula is C21H21N5O3. The van der Waals surface area contributed by atoms with Crippen LogP contribution < -0.4 is 5.56 Å². The zero-order valence-electron chi connectivity index (χ0n) is 15.9. The quantitative estimate of drug-likeness (QED) is 0.663. The van der Waals surface area contributed by atoms with Crippen LogP contribution in [0.1, 0.15) is 47.8 Å². The van der Waals surface area contributed by atoms with Crippen LogP contribution in [0, 0.1) is 0 Å². The average Bonchev–Trinajstić information content (AvgIpc) is 3.30. The van der Waals surface area contributed by atoms with Crippen molar-refractivity contribution in [1.29, 1.82) is 0 Å². The number of rotatable bonds is 5. The van der Waals surface area contributed by atoms with Crippen molar-refractivity contribution in [3.05, 3.63) is 64.5 Å². The van der Waals surface area contributed by atoms with Gasteiger partial charge in [-0.15, -0.1) is 0 Å². The summed E-state index contributed by atoms with van der Waals surface area (Å²) in [6, 6.07) is 8.61. The van der Waals surface area contributed by atoms with Crippen LogP contribution in [0.3, 0.4) is 0 Å². The van der Waals surface area contributed by atoms with Crippen LogP contribution in [-0.2, 0) is 6.54 Å². The van der Waals surface area contributed by atoms with Gasteiger partial charge in [0, 0.05) is 42.6 Å². The van der Waals surface area contributed by atoms with Crippen molar-refractivity contribution in [3.63, 3.8) is 0 Å². The molecule has 1 saturated heterocycles. The Hall–Kier alpha value is -3.29. The number of likely N-dealkylation sites (tertiary alicyclic amines) is 1. The first-order chi connectivity index (χ1) is 14.2. The molecule has 5 rings (SSSR count). The highest BCUT2D eigenvalue weighted by Gasteiger charge is 2.34. The molecule has 29 heavy (non-hydrogen) atoms. The van der Waals surface area contributed by atoms with E-state index in [1.165, 1.54) is 10.7 Å². The van der Waals surface area contributed by atoms with Crippen LogP contribution in [0.2, 0.25) is 0 Å². The molecule has 1 unspecified atom stereocenters. The Balaban J connectivity index is 1.36. The van der Waals surface area contributed by atoms with E-state index in [0.29, 0.717) is 30.4 Å². The fourth-order valence-corrected chi connectivity index (χ4v) is 3.84. The van der Waals surface area contributed by atoms with Crippen LogP contribution in [0.5, 0.6) is 0 Å². The van der Waals surface area contributed by atoms with Crippen LogP contribution in [0.4, 0.5) is 0 Å². The van der Waals surface area contributed by atoms with E-state index < -0.39 is 0 Å². The van der Waals surface area contributed by atoms with Gasteiger partial charge in [0.25, 0.3) is 11.5 Å². The Kier molecular flexibility index (Phi) is 4.46. The van der Waals surface area contributed by atoms with Gasteiger partial charge in [-0.05, 0) is 43.9 Å². The van der Waals surface area contributed by atoms with E-state index in [1.807, 2.05) is 12.1 Å². The Bertz CT molecular complexity index is 1090. The number of hydrogen-bond donors (Lipinski definition) is 0. The molecule has 1 atom stereocenters. The third-order valence-corrected chi connectivity index (χ3v) is 5.57. The highest BCUT2D eigenvalue weighted by molar-refractivity contribution is 5.92. The van der Waals surface area contributed by atoms with Gasteiger partial charge in [-0.3, -0.25) is 14.6 Å². The summed E-state index contributed by atoms with van der Waals surface area (Å²) in [7, 11) is 0. The molecule has 1 amide bonds. The molecule has 8 heteroatoms. The Morgan fingerprint density at radius 3 is 2.90 bits per heavy atom. The molecule has 2 aliphatic rings. The Morgan fingerprint density at radius 2 is 2.10 bits per heavy atom. The van der Waals surface area contributed by atoms with E-state index in [1.54, 1.807) is 29.4 Å². The van der Waals surface area contributed by atoms with E-state index in [9.17, 15) is 9.59 Å². The van der Waals surface area contributed by atoms with E-state index >= 15 is 0 Å². The summed E-state index contributed by atoms with van der Waals surface area (Å²) in [6.07, 6.45) is 7.31. The standard InChI is InChI=1S/C21H21N5O3/c27-20-8-7-17(15-3-1-9-22-12-15)23-26(20)13-16-4-2-10-25(16)21(28)18-11-19(29-24-18)14-5-6-14/h1,3,7-9,11-12,14,16H,2,4-6,10,13H2. The molecule has 0 aromatic carbocycles. The molecule has 4 heterocycles. The van der Waals surface area contributed by atoms with Gasteiger partial charge in [-0.2, -0.15) is 5.10 Å². The molecular weight excluding hydrogens is 370 g/mol. The Labute approximate surface area is 167 Å². The normalized spacial score (nSPS) is 18.9. The second kappa shape index (κ2) is 7.27. The molecule has 0 radical (unpaired) electrons. The van der Waals surface area contributed by atoms with Crippen molar-refractivity contribution in [3.8, 4) is 11.3 Å². The monoisotopic (exact) mass is 391 g/mol. The predicted octanol–water partition coefficient (Wildman–Crippen LogP) is 2.48. The lowest BCUT2D eigenvalue weighted by atomic mass is 10.2. The lowest BCUT2D eigenvalue weighted by Crippen LogP contribution is -2.40. The molecule has 1 aliphatic carbocycles. The molecule has 2 fully saturated rings. The number of aromatic nitrogens is 4.